The summed E-state index contributed by atoms with van der Waals surface area (Å²) in [7, 11) is 1.70. The fourth-order valence-corrected chi connectivity index (χ4v) is 1.10. The molecule has 0 aliphatic carbocycles. The first-order valence-electron chi connectivity index (χ1n) is 5.37. The van der Waals surface area contributed by atoms with Gasteiger partial charge in [0.25, 0.3) is 13.1 Å². The van der Waals surface area contributed by atoms with Crippen LogP contribution in [0.1, 0.15) is 41.0 Å². The number of rotatable bonds is 5. The van der Waals surface area contributed by atoms with Crippen molar-refractivity contribution in [3.63, 3.8) is 0 Å². The van der Waals surface area contributed by atoms with E-state index in [9.17, 15) is 4.79 Å². The summed E-state index contributed by atoms with van der Waals surface area (Å²) in [6.45, 7) is 11.0. The molecule has 0 bridgehead atoms. The van der Waals surface area contributed by atoms with Gasteiger partial charge < -0.3 is 9.47 Å². The number of hydrogen-bond acceptors (Lipinski definition) is 3. The first-order valence-corrected chi connectivity index (χ1v) is 5.37. The number of hydrogen-bond donors (Lipinski definition) is 0. The van der Waals surface area contributed by atoms with E-state index in [1.165, 1.54) is 7.11 Å². The zero-order chi connectivity index (χ0) is 12.1. The summed E-state index contributed by atoms with van der Waals surface area (Å²) in [4.78, 5) is 11.1. The molecule has 0 rings (SSSR count). The van der Waals surface area contributed by atoms with Crippen LogP contribution in [0.2, 0.25) is 0 Å². The Morgan fingerprint density at radius 2 is 1.73 bits per heavy atom. The zero-order valence-electron chi connectivity index (χ0n) is 10.8. The maximum Gasteiger partial charge on any atom is 0.296 e. The lowest BCUT2D eigenvalue weighted by Crippen LogP contribution is -2.38. The second-order valence-corrected chi connectivity index (χ2v) is 5.67. The van der Waals surface area contributed by atoms with Gasteiger partial charge in [-0.1, -0.05) is 20.8 Å². The molecule has 0 fully saturated rings. The van der Waals surface area contributed by atoms with Crippen molar-refractivity contribution in [2.75, 3.05) is 13.7 Å². The van der Waals surface area contributed by atoms with Crippen LogP contribution in [-0.2, 0) is 9.47 Å². The topological polar surface area (TPSA) is 35.5 Å². The minimum Gasteiger partial charge on any atom is -0.477 e. The molecule has 0 spiro atoms. The summed E-state index contributed by atoms with van der Waals surface area (Å²) in [5.41, 5.74) is -0.167. The van der Waals surface area contributed by atoms with Gasteiger partial charge in [0, 0.05) is 12.1 Å². The van der Waals surface area contributed by atoms with Crippen LogP contribution in [0.25, 0.3) is 0 Å². The van der Waals surface area contributed by atoms with Crippen LogP contribution < -0.4 is 0 Å². The molecule has 0 N–H and O–H groups in total. The molecule has 0 saturated carbocycles. The third-order valence-corrected chi connectivity index (χ3v) is 2.14. The molecule has 0 saturated heterocycles. The fraction of sp³-hybridized carbons (Fsp3) is 0.909. The lowest BCUT2D eigenvalue weighted by atomic mass is 9.62. The van der Waals surface area contributed by atoms with Crippen molar-refractivity contribution in [3.8, 4) is 0 Å². The summed E-state index contributed by atoms with van der Waals surface area (Å²) < 4.78 is 10.3. The first-order chi connectivity index (χ1) is 6.66. The van der Waals surface area contributed by atoms with Crippen molar-refractivity contribution in [1.29, 1.82) is 0 Å². The van der Waals surface area contributed by atoms with Gasteiger partial charge in [0.2, 0.25) is 0 Å². The normalized spacial score (nSPS) is 12.4. The quantitative estimate of drug-likeness (QED) is 0.659. The summed E-state index contributed by atoms with van der Waals surface area (Å²) in [6, 6.07) is 0. The molecular formula is C11H23BO3. The Bertz CT molecular complexity index is 206. The highest BCUT2D eigenvalue weighted by atomic mass is 16.5. The Labute approximate surface area is 93.8 Å². The zero-order valence-corrected chi connectivity index (χ0v) is 10.8. The van der Waals surface area contributed by atoms with Gasteiger partial charge in [0.05, 0.1) is 7.11 Å². The summed E-state index contributed by atoms with van der Waals surface area (Å²) >= 11 is 0. The molecule has 0 heterocycles. The largest absolute Gasteiger partial charge is 0.477 e. The van der Waals surface area contributed by atoms with Gasteiger partial charge in [-0.3, -0.25) is 4.79 Å². The Morgan fingerprint density at radius 3 is 2.13 bits per heavy atom. The van der Waals surface area contributed by atoms with Crippen LogP contribution >= 0.6 is 0 Å². The third-order valence-electron chi connectivity index (χ3n) is 2.14. The molecule has 3 nitrogen and oxygen atoms in total. The molecule has 88 valence electrons. The number of carbonyl (C=O) groups excluding carboxylic acids is 1. The first kappa shape index (κ1) is 14.5. The smallest absolute Gasteiger partial charge is 0.296 e. The van der Waals surface area contributed by atoms with Crippen LogP contribution in [-0.4, -0.2) is 32.4 Å². The lowest BCUT2D eigenvalue weighted by molar-refractivity contribution is 0.0279. The highest BCUT2D eigenvalue weighted by molar-refractivity contribution is 6.74. The molecule has 0 radical (unpaired) electrons. The molecule has 0 atom stereocenters. The molecule has 0 aromatic carbocycles. The van der Waals surface area contributed by atoms with Gasteiger partial charge >= 0.3 is 0 Å². The molecule has 0 unspecified atom stereocenters. The van der Waals surface area contributed by atoms with E-state index >= 15 is 0 Å². The van der Waals surface area contributed by atoms with Crippen molar-refractivity contribution in [2.45, 2.75) is 46.5 Å². The van der Waals surface area contributed by atoms with E-state index in [-0.39, 0.29) is 11.3 Å². The molecule has 0 aliphatic heterocycles. The highest BCUT2D eigenvalue weighted by Crippen LogP contribution is 2.20. The molecule has 4 heteroatoms. The van der Waals surface area contributed by atoms with Gasteiger partial charge in [0.1, 0.15) is 0 Å². The Kier molecular flexibility index (Phi) is 5.36. The van der Waals surface area contributed by atoms with E-state index in [4.69, 9.17) is 4.74 Å². The van der Waals surface area contributed by atoms with E-state index in [0.717, 1.165) is 6.42 Å². The van der Waals surface area contributed by atoms with Crippen molar-refractivity contribution in [2.24, 2.45) is 5.41 Å². The van der Waals surface area contributed by atoms with Crippen LogP contribution in [0.5, 0.6) is 0 Å². The van der Waals surface area contributed by atoms with Crippen molar-refractivity contribution >= 4 is 13.1 Å². The Balaban J connectivity index is 3.89. The van der Waals surface area contributed by atoms with Gasteiger partial charge in [-0.2, -0.15) is 0 Å². The average molecular weight is 214 g/mol. The summed E-state index contributed by atoms with van der Waals surface area (Å²) in [6.07, 6.45) is 0.984. The van der Waals surface area contributed by atoms with Gasteiger partial charge in [0.15, 0.2) is 0 Å². The van der Waals surface area contributed by atoms with E-state index in [0.29, 0.717) is 13.9 Å². The second-order valence-electron chi connectivity index (χ2n) is 5.67. The van der Waals surface area contributed by atoms with Crippen LogP contribution in [0.15, 0.2) is 0 Å². The van der Waals surface area contributed by atoms with Crippen molar-refractivity contribution < 1.29 is 14.3 Å². The molecule has 0 aromatic heterocycles. The highest BCUT2D eigenvalue weighted by Gasteiger charge is 2.26. The van der Waals surface area contributed by atoms with Crippen LogP contribution in [0, 0.1) is 5.41 Å². The molecule has 0 aliphatic rings. The summed E-state index contributed by atoms with van der Waals surface area (Å²) in [5.74, 6) is -0.226. The maximum absolute atomic E-state index is 11.1. The number of methoxy groups -OCH3 is 1. The van der Waals surface area contributed by atoms with Gasteiger partial charge in [-0.25, -0.2) is 0 Å². The monoisotopic (exact) mass is 214 g/mol. The second kappa shape index (κ2) is 5.54. The van der Waals surface area contributed by atoms with E-state index in [1.54, 1.807) is 0 Å². The SMILES string of the molecule is COC(=O)BC(C)(C)OCCC(C)(C)C. The van der Waals surface area contributed by atoms with Crippen molar-refractivity contribution in [1.82, 2.24) is 0 Å². The van der Waals surface area contributed by atoms with Crippen molar-refractivity contribution in [3.05, 3.63) is 0 Å². The van der Waals surface area contributed by atoms with E-state index in [1.807, 2.05) is 13.8 Å². The lowest BCUT2D eigenvalue weighted by Gasteiger charge is -2.26. The van der Waals surface area contributed by atoms with Crippen LogP contribution in [0.3, 0.4) is 0 Å². The minimum atomic E-state index is -0.432. The molecule has 15 heavy (non-hydrogen) atoms. The third kappa shape index (κ3) is 8.49. The number of ether oxygens (including phenoxy) is 2. The predicted octanol–water partition coefficient (Wildman–Crippen LogP) is 2.38. The van der Waals surface area contributed by atoms with E-state index < -0.39 is 5.50 Å². The number of carbonyl (C=O) groups is 1. The molecule has 0 aromatic rings. The Hall–Kier alpha value is -0.505. The van der Waals surface area contributed by atoms with Gasteiger partial charge in [-0.05, 0) is 25.7 Å². The average Bonchev–Trinajstić information content (AvgIpc) is 2.00. The fourth-order valence-electron chi connectivity index (χ4n) is 1.10. The standard InChI is InChI=1S/C11H23BO3/c1-10(2,3)7-8-15-11(4,5)12-9(13)14-6/h12H,7-8H2,1-6H3. The predicted molar refractivity (Wildman–Crippen MR) is 63.7 cm³/mol. The maximum atomic E-state index is 11.1. The molecule has 0 amide bonds. The molecular weight excluding hydrogens is 191 g/mol. The minimum absolute atomic E-state index is 0.226. The van der Waals surface area contributed by atoms with Gasteiger partial charge in [-0.15, -0.1) is 0 Å². The Morgan fingerprint density at radius 1 is 1.20 bits per heavy atom. The summed E-state index contributed by atoms with van der Waals surface area (Å²) in [5, 5.41) is 0. The van der Waals surface area contributed by atoms with Crippen LogP contribution in [0.4, 0.5) is 4.79 Å². The van der Waals surface area contributed by atoms with E-state index in [2.05, 4.69) is 25.5 Å².